The number of hydrogen-bond acceptors (Lipinski definition) is 6. The molecule has 2 saturated carbocycles. The van der Waals surface area contributed by atoms with Gasteiger partial charge in [0.05, 0.1) is 25.9 Å². The molecule has 8 heteroatoms. The van der Waals surface area contributed by atoms with E-state index in [1.165, 1.54) is 12.8 Å². The fourth-order valence-electron chi connectivity index (χ4n) is 4.97. The van der Waals surface area contributed by atoms with Crippen LogP contribution in [0.4, 0.5) is 0 Å². The number of rotatable bonds is 7. The molecule has 2 aliphatic carbocycles. The van der Waals surface area contributed by atoms with Gasteiger partial charge in [-0.1, -0.05) is 0 Å². The van der Waals surface area contributed by atoms with Crippen molar-refractivity contribution in [3.8, 4) is 11.5 Å². The Kier molecular flexibility index (Phi) is 8.37. The molecule has 4 rings (SSSR count). The average Bonchev–Trinajstić information content (AvgIpc) is 3.53. The number of carbonyl (C=O) groups excluding carboxylic acids is 1. The third-order valence-electron chi connectivity index (χ3n) is 6.92. The molecular formula is C24H36N2O6. The van der Waals surface area contributed by atoms with Crippen molar-refractivity contribution in [3.63, 3.8) is 0 Å². The molecule has 1 amide bonds. The molecule has 178 valence electrons. The third kappa shape index (κ3) is 5.72. The van der Waals surface area contributed by atoms with Gasteiger partial charge < -0.3 is 29.1 Å². The molecule has 1 saturated heterocycles. The molecule has 0 spiro atoms. The minimum Gasteiger partial charge on any atom is -0.497 e. The summed E-state index contributed by atoms with van der Waals surface area (Å²) in [6, 6.07) is 5.84. The summed E-state index contributed by atoms with van der Waals surface area (Å²) < 4.78 is 17.1. The van der Waals surface area contributed by atoms with Gasteiger partial charge in [-0.15, -0.1) is 0 Å². The molecule has 1 aliphatic heterocycles. The van der Waals surface area contributed by atoms with E-state index in [1.54, 1.807) is 26.4 Å². The molecular weight excluding hydrogens is 412 g/mol. The second-order valence-corrected chi connectivity index (χ2v) is 9.22. The van der Waals surface area contributed by atoms with Crippen LogP contribution in [0.25, 0.3) is 0 Å². The zero-order valence-electron chi connectivity index (χ0n) is 19.5. The maximum atomic E-state index is 13.3. The van der Waals surface area contributed by atoms with Gasteiger partial charge in [-0.05, 0) is 75.7 Å². The number of likely N-dealkylation sites (tertiary alicyclic amines) is 1. The fraction of sp³-hybridized carbons (Fsp3) is 0.667. The van der Waals surface area contributed by atoms with Crippen molar-refractivity contribution >= 4 is 12.4 Å². The van der Waals surface area contributed by atoms with Crippen molar-refractivity contribution in [1.29, 1.82) is 0 Å². The van der Waals surface area contributed by atoms with Crippen molar-refractivity contribution in [2.24, 2.45) is 17.8 Å². The number of likely N-dealkylation sites (N-methyl/N-ethyl adjacent to an activating group) is 1. The minimum atomic E-state index is -0.250. The van der Waals surface area contributed by atoms with Crippen molar-refractivity contribution in [3.05, 3.63) is 23.8 Å². The van der Waals surface area contributed by atoms with Crippen LogP contribution in [0.2, 0.25) is 0 Å². The number of hydrogen-bond donors (Lipinski definition) is 1. The number of nitrogens with zero attached hydrogens (tertiary/aromatic N) is 2. The summed E-state index contributed by atoms with van der Waals surface area (Å²) >= 11 is 0. The van der Waals surface area contributed by atoms with Crippen LogP contribution in [0.1, 0.15) is 36.0 Å². The van der Waals surface area contributed by atoms with Gasteiger partial charge in [0.2, 0.25) is 0 Å². The first-order valence-electron chi connectivity index (χ1n) is 11.3. The van der Waals surface area contributed by atoms with Crippen LogP contribution in [0, 0.1) is 17.8 Å². The number of ether oxygens (including phenoxy) is 3. The van der Waals surface area contributed by atoms with E-state index < -0.39 is 0 Å². The maximum absolute atomic E-state index is 13.3. The lowest BCUT2D eigenvalue weighted by Crippen LogP contribution is -2.48. The Hall–Kier alpha value is -2.32. The van der Waals surface area contributed by atoms with Crippen LogP contribution >= 0.6 is 0 Å². The minimum absolute atomic E-state index is 0.0343. The Labute approximate surface area is 190 Å². The molecule has 1 aromatic carbocycles. The second-order valence-electron chi connectivity index (χ2n) is 9.22. The standard InChI is InChI=1S/C23H34N2O4.CH2O2/c1-24(2)20-9-16-12-25(13-17(16)10-22(20)29-14-15-5-6-15)23(26)19-11-18(27-3)7-8-21(19)28-4;2-1-3/h7-8,11,15-17,20,22H,5-6,9-10,12-14H2,1-4H3;1H,(H,2,3)/t16-,17+,20-,22-;/m1./s1. The first-order chi connectivity index (χ1) is 15.4. The Morgan fingerprint density at radius 2 is 1.81 bits per heavy atom. The molecule has 0 bridgehead atoms. The highest BCUT2D eigenvalue weighted by molar-refractivity contribution is 5.97. The summed E-state index contributed by atoms with van der Waals surface area (Å²) in [5, 5.41) is 6.89. The molecule has 1 N–H and O–H groups in total. The van der Waals surface area contributed by atoms with E-state index in [2.05, 4.69) is 19.0 Å². The lowest BCUT2D eigenvalue weighted by atomic mass is 9.77. The number of amides is 1. The van der Waals surface area contributed by atoms with E-state index in [4.69, 9.17) is 24.1 Å². The van der Waals surface area contributed by atoms with Crippen LogP contribution in [-0.4, -0.2) is 87.4 Å². The van der Waals surface area contributed by atoms with Crippen LogP contribution in [0.15, 0.2) is 18.2 Å². The lowest BCUT2D eigenvalue weighted by molar-refractivity contribution is -0.122. The Bertz CT molecular complexity index is 782. The van der Waals surface area contributed by atoms with Gasteiger partial charge in [-0.2, -0.15) is 0 Å². The Balaban J connectivity index is 0.000000913. The van der Waals surface area contributed by atoms with E-state index in [-0.39, 0.29) is 18.5 Å². The molecule has 3 aliphatic rings. The van der Waals surface area contributed by atoms with E-state index in [0.717, 1.165) is 38.5 Å². The van der Waals surface area contributed by atoms with Gasteiger partial charge in [-0.25, -0.2) is 0 Å². The van der Waals surface area contributed by atoms with Crippen LogP contribution in [0.5, 0.6) is 11.5 Å². The van der Waals surface area contributed by atoms with Crippen molar-refractivity contribution in [1.82, 2.24) is 9.80 Å². The van der Waals surface area contributed by atoms with E-state index in [0.29, 0.717) is 34.9 Å². The smallest absolute Gasteiger partial charge is 0.290 e. The van der Waals surface area contributed by atoms with Crippen molar-refractivity contribution < 1.29 is 28.9 Å². The van der Waals surface area contributed by atoms with Crippen molar-refractivity contribution in [2.75, 3.05) is 48.0 Å². The zero-order valence-corrected chi connectivity index (χ0v) is 19.5. The number of carboxylic acid groups (broad SMARTS) is 1. The highest BCUT2D eigenvalue weighted by atomic mass is 16.5. The lowest BCUT2D eigenvalue weighted by Gasteiger charge is -2.41. The van der Waals surface area contributed by atoms with Crippen molar-refractivity contribution in [2.45, 2.75) is 37.8 Å². The number of methoxy groups -OCH3 is 2. The summed E-state index contributed by atoms with van der Waals surface area (Å²) in [4.78, 5) is 26.0. The number of carbonyl (C=O) groups is 2. The van der Waals surface area contributed by atoms with Gasteiger partial charge in [0.1, 0.15) is 11.5 Å². The topological polar surface area (TPSA) is 88.5 Å². The molecule has 1 aromatic rings. The molecule has 1 heterocycles. The first kappa shape index (κ1) is 24.3. The Morgan fingerprint density at radius 3 is 2.38 bits per heavy atom. The Morgan fingerprint density at radius 1 is 1.16 bits per heavy atom. The van der Waals surface area contributed by atoms with Crippen LogP contribution in [0.3, 0.4) is 0 Å². The molecule has 32 heavy (non-hydrogen) atoms. The van der Waals surface area contributed by atoms with Crippen LogP contribution in [-0.2, 0) is 9.53 Å². The fourth-order valence-corrected chi connectivity index (χ4v) is 4.97. The first-order valence-corrected chi connectivity index (χ1v) is 11.3. The van der Waals surface area contributed by atoms with Crippen LogP contribution < -0.4 is 9.47 Å². The monoisotopic (exact) mass is 448 g/mol. The zero-order chi connectivity index (χ0) is 23.3. The van der Waals surface area contributed by atoms with Gasteiger partial charge in [-0.3, -0.25) is 9.59 Å². The summed E-state index contributed by atoms with van der Waals surface area (Å²) in [6.07, 6.45) is 5.03. The second kappa shape index (κ2) is 11.0. The number of fused-ring (bicyclic) bond motifs is 1. The molecule has 0 unspecified atom stereocenters. The maximum Gasteiger partial charge on any atom is 0.290 e. The summed E-state index contributed by atoms with van der Waals surface area (Å²) in [6.45, 7) is 2.26. The SMILES string of the molecule is COc1ccc(OC)c(C(=O)N2C[C@H]3C[C@@H](N(C)C)[C@H](OCC4CC4)C[C@H]3C2)c1.O=CO. The molecule has 4 atom stereocenters. The normalized spacial score (nSPS) is 26.7. The van der Waals surface area contributed by atoms with Gasteiger partial charge in [0, 0.05) is 25.7 Å². The number of benzene rings is 1. The third-order valence-corrected chi connectivity index (χ3v) is 6.92. The van der Waals surface area contributed by atoms with E-state index >= 15 is 0 Å². The molecule has 8 nitrogen and oxygen atoms in total. The highest BCUT2D eigenvalue weighted by Gasteiger charge is 2.45. The van der Waals surface area contributed by atoms with Gasteiger partial charge in [0.15, 0.2) is 0 Å². The largest absolute Gasteiger partial charge is 0.497 e. The average molecular weight is 449 g/mol. The van der Waals surface area contributed by atoms with E-state index in [1.807, 2.05) is 11.0 Å². The van der Waals surface area contributed by atoms with Gasteiger partial charge in [0.25, 0.3) is 12.4 Å². The predicted molar refractivity (Wildman–Crippen MR) is 120 cm³/mol. The molecule has 3 fully saturated rings. The molecule has 0 aromatic heterocycles. The summed E-state index contributed by atoms with van der Waals surface area (Å²) in [5.41, 5.74) is 0.580. The predicted octanol–water partition coefficient (Wildman–Crippen LogP) is 2.61. The summed E-state index contributed by atoms with van der Waals surface area (Å²) in [7, 11) is 7.52. The highest BCUT2D eigenvalue weighted by Crippen LogP contribution is 2.41. The quantitative estimate of drug-likeness (QED) is 0.642. The van der Waals surface area contributed by atoms with Gasteiger partial charge >= 0.3 is 0 Å². The summed E-state index contributed by atoms with van der Waals surface area (Å²) in [5.74, 6) is 3.12. The van der Waals surface area contributed by atoms with E-state index in [9.17, 15) is 4.79 Å². The molecule has 0 radical (unpaired) electrons.